The summed E-state index contributed by atoms with van der Waals surface area (Å²) in [5.41, 5.74) is 8.01. The molecule has 0 unspecified atom stereocenters. The highest BCUT2D eigenvalue weighted by Crippen LogP contribution is 2.28. The van der Waals surface area contributed by atoms with E-state index < -0.39 is 0 Å². The van der Waals surface area contributed by atoms with Crippen LogP contribution in [0.5, 0.6) is 5.75 Å². The molecular weight excluding hydrogens is 336 g/mol. The predicted octanol–water partition coefficient (Wildman–Crippen LogP) is 2.82. The first kappa shape index (κ1) is 15.4. The number of methoxy groups -OCH3 is 1. The van der Waals surface area contributed by atoms with Gasteiger partial charge in [0.1, 0.15) is 11.4 Å². The quantitative estimate of drug-likeness (QED) is 0.886. The Morgan fingerprint density at radius 2 is 2.24 bits per heavy atom. The maximum absolute atomic E-state index is 12.4. The molecule has 2 rings (SSSR count). The number of halogens is 1. The summed E-state index contributed by atoms with van der Waals surface area (Å²) in [6.07, 6.45) is 0. The van der Waals surface area contributed by atoms with E-state index in [-0.39, 0.29) is 5.91 Å². The summed E-state index contributed by atoms with van der Waals surface area (Å²) in [7, 11) is 1.58. The maximum Gasteiger partial charge on any atom is 0.276 e. The van der Waals surface area contributed by atoms with Crippen LogP contribution in [0.25, 0.3) is 0 Å². The van der Waals surface area contributed by atoms with Crippen molar-refractivity contribution in [2.45, 2.75) is 20.4 Å². The number of nitrogens with one attached hydrogen (secondary N) is 1. The summed E-state index contributed by atoms with van der Waals surface area (Å²) in [6, 6.07) is 5.30. The molecule has 0 radical (unpaired) electrons. The zero-order valence-corrected chi connectivity index (χ0v) is 13.7. The number of nitrogen functional groups attached to an aromatic ring is 1. The number of nitrogens with zero attached hydrogens (tertiary/aromatic N) is 2. The number of nitrogens with two attached hydrogens (primary N) is 1. The van der Waals surface area contributed by atoms with Crippen molar-refractivity contribution in [3.05, 3.63) is 34.1 Å². The summed E-state index contributed by atoms with van der Waals surface area (Å²) >= 11 is 3.38. The minimum atomic E-state index is -0.285. The van der Waals surface area contributed by atoms with Crippen molar-refractivity contribution in [1.82, 2.24) is 9.78 Å². The number of ether oxygens (including phenoxy) is 1. The summed E-state index contributed by atoms with van der Waals surface area (Å²) < 4.78 is 7.51. The molecule has 0 spiro atoms. The number of anilines is 2. The van der Waals surface area contributed by atoms with E-state index in [1.54, 1.807) is 36.9 Å². The van der Waals surface area contributed by atoms with E-state index in [1.165, 1.54) is 0 Å². The van der Waals surface area contributed by atoms with Crippen molar-refractivity contribution in [3.8, 4) is 5.75 Å². The molecule has 0 saturated carbocycles. The topological polar surface area (TPSA) is 82.2 Å². The van der Waals surface area contributed by atoms with Gasteiger partial charge in [0.2, 0.25) is 0 Å². The second-order valence-corrected chi connectivity index (χ2v) is 5.32. The Balaban J connectivity index is 2.28. The lowest BCUT2D eigenvalue weighted by Crippen LogP contribution is -2.18. The van der Waals surface area contributed by atoms with Gasteiger partial charge >= 0.3 is 0 Å². The molecule has 3 N–H and O–H groups in total. The van der Waals surface area contributed by atoms with Crippen LogP contribution in [0.15, 0.2) is 22.7 Å². The maximum atomic E-state index is 12.4. The van der Waals surface area contributed by atoms with Gasteiger partial charge in [-0.1, -0.05) is 0 Å². The third kappa shape index (κ3) is 3.02. The van der Waals surface area contributed by atoms with Gasteiger partial charge in [0.05, 0.1) is 23.0 Å². The highest BCUT2D eigenvalue weighted by atomic mass is 79.9. The van der Waals surface area contributed by atoms with Gasteiger partial charge in [0.15, 0.2) is 0 Å². The lowest BCUT2D eigenvalue weighted by molar-refractivity contribution is 0.101. The second kappa shape index (κ2) is 6.17. The molecule has 0 aliphatic carbocycles. The van der Waals surface area contributed by atoms with Gasteiger partial charge in [-0.2, -0.15) is 5.10 Å². The second-order valence-electron chi connectivity index (χ2n) is 4.47. The highest BCUT2D eigenvalue weighted by molar-refractivity contribution is 9.10. The molecule has 1 aromatic carbocycles. The largest absolute Gasteiger partial charge is 0.496 e. The average Bonchev–Trinajstić information content (AvgIpc) is 2.74. The molecule has 0 aliphatic heterocycles. The summed E-state index contributed by atoms with van der Waals surface area (Å²) in [5.74, 6) is 0.411. The zero-order chi connectivity index (χ0) is 15.6. The minimum absolute atomic E-state index is 0.285. The summed E-state index contributed by atoms with van der Waals surface area (Å²) in [6.45, 7) is 4.27. The van der Waals surface area contributed by atoms with Crippen LogP contribution in [0.4, 0.5) is 11.4 Å². The van der Waals surface area contributed by atoms with E-state index in [1.807, 2.05) is 6.92 Å². The van der Waals surface area contributed by atoms with Gasteiger partial charge in [-0.25, -0.2) is 0 Å². The van der Waals surface area contributed by atoms with Crippen molar-refractivity contribution < 1.29 is 9.53 Å². The van der Waals surface area contributed by atoms with Gasteiger partial charge in [-0.15, -0.1) is 0 Å². The molecule has 112 valence electrons. The molecule has 2 aromatic rings. The Bertz CT molecular complexity index is 682. The van der Waals surface area contributed by atoms with E-state index in [0.717, 1.165) is 4.47 Å². The van der Waals surface area contributed by atoms with E-state index >= 15 is 0 Å². The van der Waals surface area contributed by atoms with E-state index in [4.69, 9.17) is 10.5 Å². The molecule has 0 atom stereocenters. The molecule has 0 saturated heterocycles. The first-order valence-electron chi connectivity index (χ1n) is 6.45. The van der Waals surface area contributed by atoms with Gasteiger partial charge in [-0.05, 0) is 48.0 Å². The fourth-order valence-corrected chi connectivity index (χ4v) is 2.54. The first-order chi connectivity index (χ1) is 9.97. The predicted molar refractivity (Wildman–Crippen MR) is 85.7 cm³/mol. The Kier molecular flexibility index (Phi) is 4.52. The van der Waals surface area contributed by atoms with E-state index in [2.05, 4.69) is 26.3 Å². The van der Waals surface area contributed by atoms with Crippen molar-refractivity contribution in [3.63, 3.8) is 0 Å². The number of benzene rings is 1. The number of hydrogen-bond donors (Lipinski definition) is 2. The molecule has 21 heavy (non-hydrogen) atoms. The van der Waals surface area contributed by atoms with Crippen LogP contribution in [0, 0.1) is 6.92 Å². The molecule has 1 amide bonds. The van der Waals surface area contributed by atoms with Crippen LogP contribution in [-0.4, -0.2) is 22.8 Å². The van der Waals surface area contributed by atoms with Gasteiger partial charge in [-0.3, -0.25) is 9.48 Å². The molecule has 1 heterocycles. The van der Waals surface area contributed by atoms with Crippen molar-refractivity contribution >= 4 is 33.2 Å². The molecule has 6 nitrogen and oxygen atoms in total. The van der Waals surface area contributed by atoms with Crippen molar-refractivity contribution in [2.24, 2.45) is 0 Å². The molecule has 7 heteroatoms. The Hall–Kier alpha value is -2.02. The summed E-state index contributed by atoms with van der Waals surface area (Å²) in [5, 5.41) is 7.05. The van der Waals surface area contributed by atoms with Crippen LogP contribution in [-0.2, 0) is 6.54 Å². The van der Waals surface area contributed by atoms with Crippen LogP contribution in [0.2, 0.25) is 0 Å². The normalized spacial score (nSPS) is 10.5. The number of aryl methyl sites for hydroxylation is 2. The smallest absolute Gasteiger partial charge is 0.276 e. The minimum Gasteiger partial charge on any atom is -0.496 e. The number of rotatable bonds is 4. The third-order valence-corrected chi connectivity index (χ3v) is 3.72. The molecule has 0 bridgehead atoms. The number of carbonyl (C=O) groups excluding carboxylic acids is 1. The summed E-state index contributed by atoms with van der Waals surface area (Å²) in [4.78, 5) is 12.4. The molecular formula is C14H17BrN4O2. The average molecular weight is 353 g/mol. The van der Waals surface area contributed by atoms with Crippen molar-refractivity contribution in [2.75, 3.05) is 18.2 Å². The lowest BCUT2D eigenvalue weighted by atomic mass is 10.2. The number of hydrogen-bond acceptors (Lipinski definition) is 4. The van der Waals surface area contributed by atoms with E-state index in [0.29, 0.717) is 35.1 Å². The van der Waals surface area contributed by atoms with E-state index in [9.17, 15) is 4.79 Å². The fraction of sp³-hybridized carbons (Fsp3) is 0.286. The Morgan fingerprint density at radius 1 is 1.52 bits per heavy atom. The molecule has 0 aliphatic rings. The molecule has 1 aromatic heterocycles. The third-order valence-electron chi connectivity index (χ3n) is 3.10. The van der Waals surface area contributed by atoms with Crippen LogP contribution < -0.4 is 15.8 Å². The number of aromatic nitrogens is 2. The fourth-order valence-electron chi connectivity index (χ4n) is 2.00. The number of carbonyl (C=O) groups is 1. The van der Waals surface area contributed by atoms with Crippen molar-refractivity contribution in [1.29, 1.82) is 0 Å². The standard InChI is InChI=1S/C14H17BrN4O2/c1-4-19-13(12(16)8(2)18-19)14(20)17-9-5-6-11(21-3)10(15)7-9/h5-7H,4,16H2,1-3H3,(H,17,20). The zero-order valence-electron chi connectivity index (χ0n) is 12.1. The van der Waals surface area contributed by atoms with Crippen LogP contribution in [0.3, 0.4) is 0 Å². The van der Waals surface area contributed by atoms with Crippen LogP contribution in [0.1, 0.15) is 23.1 Å². The lowest BCUT2D eigenvalue weighted by Gasteiger charge is -2.09. The SMILES string of the molecule is CCn1nc(C)c(N)c1C(=O)Nc1ccc(OC)c(Br)c1. The van der Waals surface area contributed by atoms with Gasteiger partial charge in [0, 0.05) is 12.2 Å². The first-order valence-corrected chi connectivity index (χ1v) is 7.25. The monoisotopic (exact) mass is 352 g/mol. The van der Waals surface area contributed by atoms with Crippen LogP contribution >= 0.6 is 15.9 Å². The molecule has 0 fully saturated rings. The number of amides is 1. The Morgan fingerprint density at radius 3 is 2.81 bits per heavy atom. The van der Waals surface area contributed by atoms with Gasteiger partial charge in [0.25, 0.3) is 5.91 Å². The Labute approximate surface area is 131 Å². The highest BCUT2D eigenvalue weighted by Gasteiger charge is 2.19. The van der Waals surface area contributed by atoms with Gasteiger partial charge < -0.3 is 15.8 Å².